The van der Waals surface area contributed by atoms with Crippen LogP contribution in [0.15, 0.2) is 0 Å². The van der Waals surface area contributed by atoms with Crippen molar-refractivity contribution in [1.29, 1.82) is 0 Å². The molecule has 1 rings (SSSR count). The topological polar surface area (TPSA) is 18.5 Å². The maximum atomic E-state index is 5.60. The van der Waals surface area contributed by atoms with E-state index in [1.165, 1.54) is 0 Å². The number of hydrogen-bond acceptors (Lipinski definition) is 2. The Morgan fingerprint density at radius 2 is 1.62 bits per heavy atom. The predicted molar refractivity (Wildman–Crippen MR) is 32.7 cm³/mol. The van der Waals surface area contributed by atoms with Crippen LogP contribution in [0.2, 0.25) is 0 Å². The summed E-state index contributed by atoms with van der Waals surface area (Å²) in [6.45, 7) is 3.95. The SMILES string of the molecule is CC1O[As](Cl)OC1C. The first kappa shape index (κ1) is 6.88. The minimum atomic E-state index is -1.75. The van der Waals surface area contributed by atoms with Crippen molar-refractivity contribution in [2.75, 3.05) is 0 Å². The van der Waals surface area contributed by atoms with Gasteiger partial charge in [0.05, 0.1) is 0 Å². The molecule has 1 aliphatic rings. The van der Waals surface area contributed by atoms with Crippen LogP contribution in [0.5, 0.6) is 0 Å². The molecule has 4 heteroatoms. The van der Waals surface area contributed by atoms with Crippen molar-refractivity contribution in [2.45, 2.75) is 26.1 Å². The normalized spacial score (nSPS) is 47.6. The van der Waals surface area contributed by atoms with E-state index in [2.05, 4.69) is 0 Å². The molecule has 1 aliphatic heterocycles. The van der Waals surface area contributed by atoms with Crippen LogP contribution in [-0.4, -0.2) is 26.6 Å². The van der Waals surface area contributed by atoms with Crippen molar-refractivity contribution < 1.29 is 7.45 Å². The van der Waals surface area contributed by atoms with E-state index in [1.54, 1.807) is 0 Å². The Bertz CT molecular complexity index is 80.1. The molecule has 0 radical (unpaired) electrons. The average molecular weight is 198 g/mol. The van der Waals surface area contributed by atoms with Gasteiger partial charge in [-0.05, 0) is 0 Å². The van der Waals surface area contributed by atoms with Gasteiger partial charge in [-0.1, -0.05) is 0 Å². The van der Waals surface area contributed by atoms with Crippen LogP contribution in [0.1, 0.15) is 13.8 Å². The summed E-state index contributed by atoms with van der Waals surface area (Å²) >= 11 is -1.75. The monoisotopic (exact) mass is 198 g/mol. The summed E-state index contributed by atoms with van der Waals surface area (Å²) in [4.78, 5) is 0. The van der Waals surface area contributed by atoms with Crippen LogP contribution >= 0.6 is 9.95 Å². The van der Waals surface area contributed by atoms with E-state index in [4.69, 9.17) is 17.4 Å². The molecule has 1 fully saturated rings. The van der Waals surface area contributed by atoms with E-state index in [9.17, 15) is 0 Å². The fraction of sp³-hybridized carbons (Fsp3) is 1.00. The summed E-state index contributed by atoms with van der Waals surface area (Å²) in [7, 11) is 5.60. The molecule has 1 saturated heterocycles. The molecule has 0 aliphatic carbocycles. The Labute approximate surface area is 58.2 Å². The summed E-state index contributed by atoms with van der Waals surface area (Å²) < 4.78 is 10.3. The van der Waals surface area contributed by atoms with E-state index in [1.807, 2.05) is 13.8 Å². The molecule has 1 heterocycles. The summed E-state index contributed by atoms with van der Waals surface area (Å²) in [5.74, 6) is 0. The molecular weight excluding hydrogens is 190 g/mol. The van der Waals surface area contributed by atoms with Gasteiger partial charge in [-0.25, -0.2) is 0 Å². The van der Waals surface area contributed by atoms with Crippen molar-refractivity contribution in [3.05, 3.63) is 0 Å². The first-order valence-electron chi connectivity index (χ1n) is 2.49. The summed E-state index contributed by atoms with van der Waals surface area (Å²) in [6.07, 6.45) is 0.403. The summed E-state index contributed by atoms with van der Waals surface area (Å²) in [6, 6.07) is 0. The first-order chi connectivity index (χ1) is 3.70. The number of rotatable bonds is 0. The van der Waals surface area contributed by atoms with Crippen molar-refractivity contribution >= 4 is 24.3 Å². The predicted octanol–water partition coefficient (Wildman–Crippen LogP) is 1.03. The van der Waals surface area contributed by atoms with Gasteiger partial charge >= 0.3 is 57.9 Å². The van der Waals surface area contributed by atoms with Crippen molar-refractivity contribution in [2.24, 2.45) is 0 Å². The van der Waals surface area contributed by atoms with Crippen LogP contribution in [0.25, 0.3) is 0 Å². The van der Waals surface area contributed by atoms with E-state index < -0.39 is 14.4 Å². The van der Waals surface area contributed by atoms with Gasteiger partial charge in [0.2, 0.25) is 0 Å². The third-order valence-corrected chi connectivity index (χ3v) is 4.08. The van der Waals surface area contributed by atoms with Crippen LogP contribution in [0.4, 0.5) is 0 Å². The van der Waals surface area contributed by atoms with Crippen LogP contribution < -0.4 is 0 Å². The van der Waals surface area contributed by atoms with Gasteiger partial charge in [0.1, 0.15) is 0 Å². The molecule has 0 aromatic carbocycles. The van der Waals surface area contributed by atoms with E-state index >= 15 is 0 Å². The molecule has 0 N–H and O–H groups in total. The molecule has 48 valence electrons. The van der Waals surface area contributed by atoms with E-state index in [0.29, 0.717) is 0 Å². The molecule has 2 nitrogen and oxygen atoms in total. The third-order valence-electron chi connectivity index (χ3n) is 1.16. The molecule has 8 heavy (non-hydrogen) atoms. The zero-order valence-corrected chi connectivity index (χ0v) is 7.43. The second-order valence-corrected chi connectivity index (χ2v) is 5.04. The number of halogens is 1. The Kier molecular flexibility index (Phi) is 2.21. The van der Waals surface area contributed by atoms with Gasteiger partial charge in [0.15, 0.2) is 0 Å². The summed E-state index contributed by atoms with van der Waals surface area (Å²) in [5.41, 5.74) is 0. The van der Waals surface area contributed by atoms with E-state index in [0.717, 1.165) is 0 Å². The fourth-order valence-corrected chi connectivity index (χ4v) is 3.68. The van der Waals surface area contributed by atoms with Gasteiger partial charge in [0, 0.05) is 0 Å². The van der Waals surface area contributed by atoms with Crippen molar-refractivity contribution in [3.63, 3.8) is 0 Å². The zero-order valence-electron chi connectivity index (χ0n) is 4.80. The van der Waals surface area contributed by atoms with Crippen LogP contribution in [-0.2, 0) is 7.45 Å². The molecular formula is C4H8AsClO2. The Balaban J connectivity index is 2.39. The first-order valence-corrected chi connectivity index (χ1v) is 6.49. The molecule has 0 amide bonds. The molecule has 0 aromatic rings. The Hall–Kier alpha value is 0.768. The molecule has 2 atom stereocenters. The van der Waals surface area contributed by atoms with Crippen LogP contribution in [0, 0.1) is 0 Å². The standard InChI is InChI=1S/C4H8AsClO2/c1-3-4(2)8-5(6)7-3/h3-4H,1-2H3. The number of hydrogen-bond donors (Lipinski definition) is 0. The second-order valence-electron chi connectivity index (χ2n) is 1.83. The molecule has 2 unspecified atom stereocenters. The van der Waals surface area contributed by atoms with Gasteiger partial charge < -0.3 is 0 Å². The van der Waals surface area contributed by atoms with Gasteiger partial charge in [-0.3, -0.25) is 0 Å². The molecule has 0 bridgehead atoms. The Morgan fingerprint density at radius 3 is 1.75 bits per heavy atom. The average Bonchev–Trinajstić information content (AvgIpc) is 1.85. The molecule has 0 saturated carbocycles. The van der Waals surface area contributed by atoms with Crippen molar-refractivity contribution in [3.8, 4) is 0 Å². The van der Waals surface area contributed by atoms with Crippen molar-refractivity contribution in [1.82, 2.24) is 0 Å². The van der Waals surface area contributed by atoms with Gasteiger partial charge in [-0.2, -0.15) is 0 Å². The van der Waals surface area contributed by atoms with E-state index in [-0.39, 0.29) is 12.2 Å². The third kappa shape index (κ3) is 1.38. The quantitative estimate of drug-likeness (QED) is 0.542. The maximum absolute atomic E-state index is 5.60. The zero-order chi connectivity index (χ0) is 6.15. The summed E-state index contributed by atoms with van der Waals surface area (Å²) in [5, 5.41) is 0. The Morgan fingerprint density at radius 1 is 1.25 bits per heavy atom. The van der Waals surface area contributed by atoms with Crippen LogP contribution in [0.3, 0.4) is 0 Å². The van der Waals surface area contributed by atoms with Gasteiger partial charge in [0.25, 0.3) is 0 Å². The second kappa shape index (κ2) is 2.57. The molecule has 0 aromatic heterocycles. The minimum absolute atomic E-state index is 0.201. The van der Waals surface area contributed by atoms with Gasteiger partial charge in [-0.15, -0.1) is 0 Å². The molecule has 0 spiro atoms. The fourth-order valence-electron chi connectivity index (χ4n) is 0.458.